The maximum Gasteiger partial charge on any atom is 0.335 e. The van der Waals surface area contributed by atoms with Crippen molar-refractivity contribution >= 4 is 23.0 Å². The number of nitrogens with zero attached hydrogens (tertiary/aromatic N) is 1. The van der Waals surface area contributed by atoms with Crippen LogP contribution in [0.3, 0.4) is 0 Å². The fourth-order valence-electron chi connectivity index (χ4n) is 1.68. The Hall–Kier alpha value is -1.88. The summed E-state index contributed by atoms with van der Waals surface area (Å²) in [7, 11) is 0. The molecule has 0 unspecified atom stereocenters. The van der Waals surface area contributed by atoms with E-state index >= 15 is 0 Å². The molecule has 5 heteroatoms. The van der Waals surface area contributed by atoms with Crippen LogP contribution in [-0.2, 0) is 6.42 Å². The summed E-state index contributed by atoms with van der Waals surface area (Å²) in [5.41, 5.74) is 2.23. The minimum atomic E-state index is -0.896. The lowest BCUT2D eigenvalue weighted by Crippen LogP contribution is -2.06. The number of hydrogen-bond acceptors (Lipinski definition) is 4. The molecule has 0 saturated heterocycles. The third-order valence-electron chi connectivity index (χ3n) is 2.61. The van der Waals surface area contributed by atoms with E-state index in [9.17, 15) is 4.79 Å². The third-order valence-corrected chi connectivity index (χ3v) is 3.45. The molecule has 18 heavy (non-hydrogen) atoms. The molecule has 2 aromatic rings. The first-order valence-electron chi connectivity index (χ1n) is 5.63. The summed E-state index contributed by atoms with van der Waals surface area (Å²) in [6.45, 7) is 2.69. The molecule has 1 aromatic heterocycles. The van der Waals surface area contributed by atoms with Crippen LogP contribution >= 0.6 is 11.3 Å². The van der Waals surface area contributed by atoms with E-state index < -0.39 is 5.97 Å². The number of aromatic carboxylic acids is 1. The lowest BCUT2D eigenvalue weighted by atomic mass is 10.1. The minimum absolute atomic E-state index is 0.318. The first-order chi connectivity index (χ1) is 8.66. The number of hydrogen-bond donors (Lipinski definition) is 2. The Balaban J connectivity index is 1.95. The maximum absolute atomic E-state index is 10.8. The van der Waals surface area contributed by atoms with Crippen LogP contribution in [0, 0.1) is 6.92 Å². The SMILES string of the molecule is Cc1cc(C(=O)O)ccc1NCCc1nccs1. The lowest BCUT2D eigenvalue weighted by Gasteiger charge is -2.09. The quantitative estimate of drug-likeness (QED) is 0.869. The highest BCUT2D eigenvalue weighted by molar-refractivity contribution is 7.09. The van der Waals surface area contributed by atoms with Crippen molar-refractivity contribution in [3.63, 3.8) is 0 Å². The lowest BCUT2D eigenvalue weighted by molar-refractivity contribution is 0.0697. The zero-order valence-electron chi connectivity index (χ0n) is 10.0. The molecule has 94 valence electrons. The van der Waals surface area contributed by atoms with E-state index in [2.05, 4.69) is 10.3 Å². The molecule has 0 aliphatic carbocycles. The number of nitrogens with one attached hydrogen (secondary N) is 1. The van der Waals surface area contributed by atoms with Crippen molar-refractivity contribution in [3.05, 3.63) is 45.9 Å². The minimum Gasteiger partial charge on any atom is -0.478 e. The summed E-state index contributed by atoms with van der Waals surface area (Å²) in [5, 5.41) is 15.2. The summed E-state index contributed by atoms with van der Waals surface area (Å²) >= 11 is 1.64. The molecular formula is C13H14N2O2S. The van der Waals surface area contributed by atoms with Crippen molar-refractivity contribution in [1.29, 1.82) is 0 Å². The largest absolute Gasteiger partial charge is 0.478 e. The number of benzene rings is 1. The van der Waals surface area contributed by atoms with Crippen molar-refractivity contribution in [2.75, 3.05) is 11.9 Å². The first kappa shape index (κ1) is 12.6. The van der Waals surface area contributed by atoms with E-state index in [1.807, 2.05) is 12.3 Å². The molecule has 4 nitrogen and oxygen atoms in total. The van der Waals surface area contributed by atoms with Crippen LogP contribution < -0.4 is 5.32 Å². The molecule has 0 fully saturated rings. The Bertz CT molecular complexity index is 538. The molecule has 0 amide bonds. The van der Waals surface area contributed by atoms with Gasteiger partial charge in [-0.3, -0.25) is 0 Å². The first-order valence-corrected chi connectivity index (χ1v) is 6.51. The molecule has 0 saturated carbocycles. The van der Waals surface area contributed by atoms with Gasteiger partial charge >= 0.3 is 5.97 Å². The standard InChI is InChI=1S/C13H14N2O2S/c1-9-8-10(13(16)17)2-3-11(9)14-5-4-12-15-6-7-18-12/h2-3,6-8,14H,4-5H2,1H3,(H,16,17). The molecule has 0 aliphatic rings. The van der Waals surface area contributed by atoms with Crippen LogP contribution in [-0.4, -0.2) is 22.6 Å². The molecule has 0 atom stereocenters. The Morgan fingerprint density at radius 1 is 1.50 bits per heavy atom. The van der Waals surface area contributed by atoms with E-state index in [0.717, 1.165) is 29.2 Å². The van der Waals surface area contributed by atoms with Gasteiger partial charge in [-0.25, -0.2) is 9.78 Å². The molecule has 0 aliphatic heterocycles. The van der Waals surface area contributed by atoms with Crippen LogP contribution in [0.5, 0.6) is 0 Å². The Labute approximate surface area is 109 Å². The van der Waals surface area contributed by atoms with Crippen LogP contribution in [0.4, 0.5) is 5.69 Å². The second-order valence-corrected chi connectivity index (χ2v) is 4.92. The molecule has 2 rings (SSSR count). The average molecular weight is 262 g/mol. The number of anilines is 1. The summed E-state index contributed by atoms with van der Waals surface area (Å²) < 4.78 is 0. The predicted octanol–water partition coefficient (Wildman–Crippen LogP) is 2.80. The molecule has 2 N–H and O–H groups in total. The molecule has 0 bridgehead atoms. The zero-order valence-corrected chi connectivity index (χ0v) is 10.8. The highest BCUT2D eigenvalue weighted by Crippen LogP contribution is 2.16. The van der Waals surface area contributed by atoms with Crippen LogP contribution in [0.15, 0.2) is 29.8 Å². The molecule has 0 radical (unpaired) electrons. The second kappa shape index (κ2) is 5.64. The predicted molar refractivity (Wildman–Crippen MR) is 72.4 cm³/mol. The van der Waals surface area contributed by atoms with Gasteiger partial charge in [0, 0.05) is 30.2 Å². The third kappa shape index (κ3) is 3.07. The number of thiazole rings is 1. The van der Waals surface area contributed by atoms with Gasteiger partial charge in [0.25, 0.3) is 0 Å². The fraction of sp³-hybridized carbons (Fsp3) is 0.231. The highest BCUT2D eigenvalue weighted by Gasteiger charge is 2.05. The summed E-state index contributed by atoms with van der Waals surface area (Å²) in [4.78, 5) is 15.0. The van der Waals surface area contributed by atoms with Crippen LogP contribution in [0.2, 0.25) is 0 Å². The van der Waals surface area contributed by atoms with Crippen molar-refractivity contribution < 1.29 is 9.90 Å². The number of carbonyl (C=O) groups is 1. The average Bonchev–Trinajstić information content (AvgIpc) is 2.84. The summed E-state index contributed by atoms with van der Waals surface area (Å²) in [6.07, 6.45) is 2.67. The van der Waals surface area contributed by atoms with Gasteiger partial charge in [-0.1, -0.05) is 0 Å². The van der Waals surface area contributed by atoms with Gasteiger partial charge in [-0.05, 0) is 30.7 Å². The monoisotopic (exact) mass is 262 g/mol. The highest BCUT2D eigenvalue weighted by atomic mass is 32.1. The van der Waals surface area contributed by atoms with Crippen molar-refractivity contribution in [1.82, 2.24) is 4.98 Å². The maximum atomic E-state index is 10.8. The normalized spacial score (nSPS) is 10.3. The van der Waals surface area contributed by atoms with Crippen molar-refractivity contribution in [2.45, 2.75) is 13.3 Å². The fourth-order valence-corrected chi connectivity index (χ4v) is 2.30. The van der Waals surface area contributed by atoms with Gasteiger partial charge in [-0.15, -0.1) is 11.3 Å². The van der Waals surface area contributed by atoms with Gasteiger partial charge in [0.15, 0.2) is 0 Å². The van der Waals surface area contributed by atoms with Gasteiger partial charge in [0.05, 0.1) is 10.6 Å². The number of aromatic nitrogens is 1. The summed E-state index contributed by atoms with van der Waals surface area (Å²) in [5.74, 6) is -0.896. The number of aryl methyl sites for hydroxylation is 1. The van der Waals surface area contributed by atoms with E-state index in [1.165, 1.54) is 0 Å². The number of rotatable bonds is 5. The summed E-state index contributed by atoms with van der Waals surface area (Å²) in [6, 6.07) is 5.09. The molecular weight excluding hydrogens is 248 g/mol. The van der Waals surface area contributed by atoms with E-state index in [-0.39, 0.29) is 0 Å². The van der Waals surface area contributed by atoms with Crippen LogP contribution in [0.1, 0.15) is 20.9 Å². The van der Waals surface area contributed by atoms with E-state index in [4.69, 9.17) is 5.11 Å². The van der Waals surface area contributed by atoms with Crippen molar-refractivity contribution in [2.24, 2.45) is 0 Å². The Morgan fingerprint density at radius 2 is 2.33 bits per heavy atom. The second-order valence-electron chi connectivity index (χ2n) is 3.94. The Morgan fingerprint density at radius 3 is 2.94 bits per heavy atom. The van der Waals surface area contributed by atoms with E-state index in [0.29, 0.717) is 5.56 Å². The Kier molecular flexibility index (Phi) is 3.94. The zero-order chi connectivity index (χ0) is 13.0. The molecule has 1 heterocycles. The topological polar surface area (TPSA) is 62.2 Å². The van der Waals surface area contributed by atoms with Crippen LogP contribution in [0.25, 0.3) is 0 Å². The number of carboxylic acid groups (broad SMARTS) is 1. The van der Waals surface area contributed by atoms with Gasteiger partial charge < -0.3 is 10.4 Å². The smallest absolute Gasteiger partial charge is 0.335 e. The molecule has 0 spiro atoms. The molecule has 1 aromatic carbocycles. The number of carboxylic acids is 1. The van der Waals surface area contributed by atoms with Gasteiger partial charge in [0.2, 0.25) is 0 Å². The van der Waals surface area contributed by atoms with Gasteiger partial charge in [-0.2, -0.15) is 0 Å². The van der Waals surface area contributed by atoms with E-state index in [1.54, 1.807) is 35.7 Å². The van der Waals surface area contributed by atoms with Gasteiger partial charge in [0.1, 0.15) is 0 Å². The van der Waals surface area contributed by atoms with Crippen molar-refractivity contribution in [3.8, 4) is 0 Å².